The Labute approximate surface area is 164 Å². The topological polar surface area (TPSA) is 82.6 Å². The van der Waals surface area contributed by atoms with Crippen LogP contribution < -0.4 is 5.32 Å². The first-order chi connectivity index (χ1) is 13.5. The zero-order valence-corrected chi connectivity index (χ0v) is 16.1. The molecule has 1 aliphatic heterocycles. The van der Waals surface area contributed by atoms with Crippen LogP contribution in [0.3, 0.4) is 0 Å². The molecule has 0 atom stereocenters. The highest BCUT2D eigenvalue weighted by Gasteiger charge is 2.22. The van der Waals surface area contributed by atoms with Gasteiger partial charge in [-0.1, -0.05) is 32.0 Å². The summed E-state index contributed by atoms with van der Waals surface area (Å²) in [6.45, 7) is 6.08. The van der Waals surface area contributed by atoms with E-state index >= 15 is 0 Å². The summed E-state index contributed by atoms with van der Waals surface area (Å²) in [7, 11) is 0. The minimum atomic E-state index is -0.305. The lowest BCUT2D eigenvalue weighted by Crippen LogP contribution is -2.48. The second-order valence-corrected chi connectivity index (χ2v) is 7.09. The van der Waals surface area contributed by atoms with E-state index in [1.165, 1.54) is 12.4 Å². The standard InChI is InChI=1S/C21H24N4O3/c1-15(2)18-5-3-4-6-19(18)23-20(27)16-11-17(13-22-12-16)21(28)25-9-7-24(14-26)8-10-25/h3-6,11-15H,7-10H2,1-2H3,(H,23,27). The number of carbonyl (C=O) groups is 3. The third-order valence-electron chi connectivity index (χ3n) is 4.83. The molecule has 0 aliphatic carbocycles. The number of anilines is 1. The second-order valence-electron chi connectivity index (χ2n) is 7.09. The molecule has 1 aliphatic rings. The maximum atomic E-state index is 12.7. The van der Waals surface area contributed by atoms with Gasteiger partial charge in [-0.2, -0.15) is 0 Å². The first-order valence-electron chi connectivity index (χ1n) is 9.33. The molecule has 7 heteroatoms. The number of amides is 3. The van der Waals surface area contributed by atoms with Gasteiger partial charge in [0.25, 0.3) is 11.8 Å². The van der Waals surface area contributed by atoms with Gasteiger partial charge in [-0.05, 0) is 23.6 Å². The van der Waals surface area contributed by atoms with E-state index in [9.17, 15) is 14.4 Å². The van der Waals surface area contributed by atoms with Gasteiger partial charge in [0, 0.05) is 44.3 Å². The molecular weight excluding hydrogens is 356 g/mol. The van der Waals surface area contributed by atoms with E-state index in [0.29, 0.717) is 37.3 Å². The molecule has 0 spiro atoms. The molecule has 3 amide bonds. The van der Waals surface area contributed by atoms with Crippen molar-refractivity contribution in [1.82, 2.24) is 14.8 Å². The van der Waals surface area contributed by atoms with Gasteiger partial charge in [-0.3, -0.25) is 19.4 Å². The number of nitrogens with one attached hydrogen (secondary N) is 1. The second kappa shape index (κ2) is 8.65. The number of aromatic nitrogens is 1. The Morgan fingerprint density at radius 3 is 2.43 bits per heavy atom. The summed E-state index contributed by atoms with van der Waals surface area (Å²) in [6.07, 6.45) is 3.71. The van der Waals surface area contributed by atoms with Crippen LogP contribution in [0.1, 0.15) is 46.0 Å². The predicted molar refractivity (Wildman–Crippen MR) is 106 cm³/mol. The summed E-state index contributed by atoms with van der Waals surface area (Å²) in [5.74, 6) is -0.219. The largest absolute Gasteiger partial charge is 0.342 e. The first-order valence-corrected chi connectivity index (χ1v) is 9.33. The third kappa shape index (κ3) is 4.36. The average molecular weight is 380 g/mol. The molecule has 0 bridgehead atoms. The van der Waals surface area contributed by atoms with Gasteiger partial charge >= 0.3 is 0 Å². The molecule has 1 N–H and O–H groups in total. The summed E-state index contributed by atoms with van der Waals surface area (Å²) in [5, 5.41) is 2.92. The number of hydrogen-bond donors (Lipinski definition) is 1. The molecular formula is C21H24N4O3. The van der Waals surface area contributed by atoms with E-state index in [2.05, 4.69) is 24.1 Å². The molecule has 2 heterocycles. The van der Waals surface area contributed by atoms with Crippen LogP contribution in [0.5, 0.6) is 0 Å². The fourth-order valence-corrected chi connectivity index (χ4v) is 3.20. The first kappa shape index (κ1) is 19.5. The maximum Gasteiger partial charge on any atom is 0.257 e. The Bertz CT molecular complexity index is 873. The highest BCUT2D eigenvalue weighted by molar-refractivity contribution is 6.06. The van der Waals surface area contributed by atoms with Gasteiger partial charge in [0.1, 0.15) is 0 Å². The summed E-state index contributed by atoms with van der Waals surface area (Å²) < 4.78 is 0. The predicted octanol–water partition coefficient (Wildman–Crippen LogP) is 2.37. The van der Waals surface area contributed by atoms with Crippen LogP contribution in [-0.2, 0) is 4.79 Å². The van der Waals surface area contributed by atoms with E-state index in [0.717, 1.165) is 17.7 Å². The normalized spacial score (nSPS) is 14.1. The molecule has 2 aromatic rings. The van der Waals surface area contributed by atoms with Crippen molar-refractivity contribution < 1.29 is 14.4 Å². The minimum absolute atomic E-state index is 0.185. The fourth-order valence-electron chi connectivity index (χ4n) is 3.20. The van der Waals surface area contributed by atoms with Crippen molar-refractivity contribution in [2.24, 2.45) is 0 Å². The van der Waals surface area contributed by atoms with E-state index in [1.54, 1.807) is 15.9 Å². The third-order valence-corrected chi connectivity index (χ3v) is 4.83. The highest BCUT2D eigenvalue weighted by Crippen LogP contribution is 2.24. The number of para-hydroxylation sites is 1. The molecule has 1 fully saturated rings. The van der Waals surface area contributed by atoms with Crippen molar-refractivity contribution in [3.63, 3.8) is 0 Å². The molecule has 1 aromatic heterocycles. The van der Waals surface area contributed by atoms with Crippen molar-refractivity contribution in [2.75, 3.05) is 31.5 Å². The van der Waals surface area contributed by atoms with Crippen molar-refractivity contribution in [1.29, 1.82) is 0 Å². The fraction of sp³-hybridized carbons (Fsp3) is 0.333. The SMILES string of the molecule is CC(C)c1ccccc1NC(=O)c1cncc(C(=O)N2CCN(C=O)CC2)c1. The van der Waals surface area contributed by atoms with Crippen LogP contribution in [-0.4, -0.2) is 59.2 Å². The molecule has 28 heavy (non-hydrogen) atoms. The smallest absolute Gasteiger partial charge is 0.257 e. The quantitative estimate of drug-likeness (QED) is 0.808. The van der Waals surface area contributed by atoms with Gasteiger partial charge in [-0.25, -0.2) is 0 Å². The minimum Gasteiger partial charge on any atom is -0.342 e. The lowest BCUT2D eigenvalue weighted by Gasteiger charge is -2.32. The molecule has 3 rings (SSSR count). The van der Waals surface area contributed by atoms with Crippen molar-refractivity contribution in [2.45, 2.75) is 19.8 Å². The number of pyridine rings is 1. The molecule has 1 aromatic carbocycles. The van der Waals surface area contributed by atoms with Crippen LogP contribution >= 0.6 is 0 Å². The number of hydrogen-bond acceptors (Lipinski definition) is 4. The van der Waals surface area contributed by atoms with Crippen LogP contribution in [0.4, 0.5) is 5.69 Å². The Kier molecular flexibility index (Phi) is 6.03. The number of nitrogens with zero attached hydrogens (tertiary/aromatic N) is 3. The number of carbonyl (C=O) groups excluding carboxylic acids is 3. The van der Waals surface area contributed by atoms with Crippen LogP contribution in [0.25, 0.3) is 0 Å². The maximum absolute atomic E-state index is 12.7. The van der Waals surface area contributed by atoms with Crippen LogP contribution in [0.15, 0.2) is 42.7 Å². The van der Waals surface area contributed by atoms with Gasteiger partial charge in [0.05, 0.1) is 11.1 Å². The molecule has 0 unspecified atom stereocenters. The van der Waals surface area contributed by atoms with E-state index in [-0.39, 0.29) is 17.7 Å². The Balaban J connectivity index is 1.73. The van der Waals surface area contributed by atoms with Gasteiger partial charge in [-0.15, -0.1) is 0 Å². The molecule has 146 valence electrons. The van der Waals surface area contributed by atoms with Crippen LogP contribution in [0, 0.1) is 0 Å². The van der Waals surface area contributed by atoms with E-state index in [1.807, 2.05) is 24.3 Å². The van der Waals surface area contributed by atoms with Gasteiger partial charge < -0.3 is 15.1 Å². The van der Waals surface area contributed by atoms with E-state index < -0.39 is 0 Å². The Hall–Kier alpha value is -3.22. The zero-order chi connectivity index (χ0) is 20.1. The zero-order valence-electron chi connectivity index (χ0n) is 16.1. The number of benzene rings is 1. The molecule has 0 radical (unpaired) electrons. The monoisotopic (exact) mass is 380 g/mol. The molecule has 1 saturated heterocycles. The Morgan fingerprint density at radius 2 is 1.75 bits per heavy atom. The van der Waals surface area contributed by atoms with Crippen molar-refractivity contribution in [3.05, 3.63) is 59.4 Å². The van der Waals surface area contributed by atoms with Crippen molar-refractivity contribution >= 4 is 23.9 Å². The number of piperazine rings is 1. The summed E-state index contributed by atoms with van der Waals surface area (Å²) in [5.41, 5.74) is 2.49. The van der Waals surface area contributed by atoms with E-state index in [4.69, 9.17) is 0 Å². The lowest BCUT2D eigenvalue weighted by molar-refractivity contribution is -0.119. The highest BCUT2D eigenvalue weighted by atomic mass is 16.2. The lowest BCUT2D eigenvalue weighted by atomic mass is 10.0. The molecule has 0 saturated carbocycles. The Morgan fingerprint density at radius 1 is 1.07 bits per heavy atom. The van der Waals surface area contributed by atoms with Crippen LogP contribution in [0.2, 0.25) is 0 Å². The van der Waals surface area contributed by atoms with Gasteiger partial charge in [0.15, 0.2) is 0 Å². The van der Waals surface area contributed by atoms with Gasteiger partial charge in [0.2, 0.25) is 6.41 Å². The average Bonchev–Trinajstić information content (AvgIpc) is 2.73. The summed E-state index contributed by atoms with van der Waals surface area (Å²) in [4.78, 5) is 43.6. The number of rotatable bonds is 5. The molecule has 7 nitrogen and oxygen atoms in total. The van der Waals surface area contributed by atoms with Crippen molar-refractivity contribution in [3.8, 4) is 0 Å². The summed E-state index contributed by atoms with van der Waals surface area (Å²) in [6, 6.07) is 9.23. The summed E-state index contributed by atoms with van der Waals surface area (Å²) >= 11 is 0.